The van der Waals surface area contributed by atoms with Gasteiger partial charge < -0.3 is 20.1 Å². The van der Waals surface area contributed by atoms with E-state index in [-0.39, 0.29) is 28.6 Å². The van der Waals surface area contributed by atoms with Gasteiger partial charge in [0, 0.05) is 72.1 Å². The molecule has 2 atom stereocenters. The molecule has 2 saturated heterocycles. The van der Waals surface area contributed by atoms with Gasteiger partial charge in [0.25, 0.3) is 0 Å². The molecule has 2 N–H and O–H groups in total. The summed E-state index contributed by atoms with van der Waals surface area (Å²) in [6.45, 7) is 9.06. The summed E-state index contributed by atoms with van der Waals surface area (Å²) in [4.78, 5) is 14.7. The minimum absolute atomic E-state index is 0.0336. The lowest BCUT2D eigenvalue weighted by molar-refractivity contribution is 0.154. The number of anilines is 1. The summed E-state index contributed by atoms with van der Waals surface area (Å²) in [6.07, 6.45) is 10.4. The first-order valence-corrected chi connectivity index (χ1v) is 18.0. The molecule has 3 aliphatic heterocycles. The summed E-state index contributed by atoms with van der Waals surface area (Å²) < 4.78 is 24.0. The molecule has 1 aliphatic carbocycles. The molecule has 8 heteroatoms. The van der Waals surface area contributed by atoms with Crippen LogP contribution in [0.5, 0.6) is 11.8 Å². The Morgan fingerprint density at radius 3 is 2.44 bits per heavy atom. The van der Waals surface area contributed by atoms with Gasteiger partial charge in [-0.05, 0) is 83.5 Å². The van der Waals surface area contributed by atoms with Crippen molar-refractivity contribution in [1.29, 1.82) is 0 Å². The number of hydrogen-bond donors (Lipinski definition) is 2. The van der Waals surface area contributed by atoms with E-state index >= 15 is 4.39 Å². The number of ether oxygens (including phenoxy) is 1. The van der Waals surface area contributed by atoms with Crippen LogP contribution in [-0.2, 0) is 13.1 Å². The van der Waals surface area contributed by atoms with Crippen LogP contribution in [-0.4, -0.2) is 58.3 Å². The topological polar surface area (TPSA) is 73.8 Å². The highest BCUT2D eigenvalue weighted by Crippen LogP contribution is 2.48. The van der Waals surface area contributed by atoms with E-state index < -0.39 is 5.82 Å². The SMILES string of the molecule is C#Cc1cccc2cc(O)cc(-c3c(C(C)C)cc4c(N5CC6CCC(C5)N6)nc(OCC5(CN6Cc7ccccc7C6)CC5)nc4c3F)c12. The third-order valence-corrected chi connectivity index (χ3v) is 11.4. The number of aromatic hydroxyl groups is 1. The summed E-state index contributed by atoms with van der Waals surface area (Å²) in [5, 5.41) is 16.7. The van der Waals surface area contributed by atoms with Crippen LogP contribution in [0.4, 0.5) is 10.2 Å². The van der Waals surface area contributed by atoms with Crippen LogP contribution in [0.25, 0.3) is 32.8 Å². The number of halogens is 1. The minimum Gasteiger partial charge on any atom is -0.508 e. The second-order valence-electron chi connectivity index (χ2n) is 15.3. The van der Waals surface area contributed by atoms with Gasteiger partial charge in [-0.1, -0.05) is 56.2 Å². The highest BCUT2D eigenvalue weighted by molar-refractivity contribution is 6.05. The van der Waals surface area contributed by atoms with E-state index in [9.17, 15) is 5.11 Å². The van der Waals surface area contributed by atoms with Crippen LogP contribution in [0.1, 0.15) is 67.7 Å². The maximum absolute atomic E-state index is 17.5. The highest BCUT2D eigenvalue weighted by atomic mass is 19.1. The molecule has 9 rings (SSSR count). The van der Waals surface area contributed by atoms with Crippen LogP contribution in [0, 0.1) is 23.6 Å². The first-order chi connectivity index (χ1) is 24.3. The van der Waals surface area contributed by atoms with Crippen molar-refractivity contribution in [3.63, 3.8) is 0 Å². The lowest BCUT2D eigenvalue weighted by Gasteiger charge is -2.34. The first kappa shape index (κ1) is 31.3. The molecule has 3 fully saturated rings. The van der Waals surface area contributed by atoms with Gasteiger partial charge in [-0.15, -0.1) is 6.42 Å². The van der Waals surface area contributed by atoms with Crippen LogP contribution in [0.2, 0.25) is 0 Å². The van der Waals surface area contributed by atoms with Crippen molar-refractivity contribution in [2.75, 3.05) is 31.1 Å². The predicted octanol–water partition coefficient (Wildman–Crippen LogP) is 7.51. The summed E-state index contributed by atoms with van der Waals surface area (Å²) in [6, 6.07) is 20.6. The molecule has 5 aromatic rings. The average Bonchev–Trinajstić information content (AvgIpc) is 3.62. The number of nitrogens with one attached hydrogen (secondary N) is 1. The Kier molecular flexibility index (Phi) is 7.49. The van der Waals surface area contributed by atoms with Gasteiger partial charge in [0.05, 0.1) is 6.61 Å². The quantitative estimate of drug-likeness (QED) is 0.166. The Morgan fingerprint density at radius 1 is 1.02 bits per heavy atom. The molecular formula is C42H42FN5O2. The molecule has 50 heavy (non-hydrogen) atoms. The fourth-order valence-electron chi connectivity index (χ4n) is 8.68. The third-order valence-electron chi connectivity index (χ3n) is 11.4. The zero-order chi connectivity index (χ0) is 34.1. The van der Waals surface area contributed by atoms with Crippen LogP contribution in [0.15, 0.2) is 60.7 Å². The van der Waals surface area contributed by atoms with E-state index in [0.29, 0.717) is 40.8 Å². The number of piperazine rings is 1. The summed E-state index contributed by atoms with van der Waals surface area (Å²) in [5.41, 5.74) is 5.48. The average molecular weight is 668 g/mol. The van der Waals surface area contributed by atoms with Crippen LogP contribution >= 0.6 is 0 Å². The molecule has 1 saturated carbocycles. The van der Waals surface area contributed by atoms with Crippen molar-refractivity contribution in [3.8, 4) is 35.2 Å². The minimum atomic E-state index is -0.451. The van der Waals surface area contributed by atoms with Gasteiger partial charge in [0.15, 0.2) is 5.82 Å². The number of phenolic OH excluding ortho intramolecular Hbond substituents is 1. The number of fused-ring (bicyclic) bond motifs is 5. The zero-order valence-electron chi connectivity index (χ0n) is 28.7. The Bertz CT molecular complexity index is 2170. The zero-order valence-corrected chi connectivity index (χ0v) is 28.7. The Morgan fingerprint density at radius 2 is 1.76 bits per heavy atom. The van der Waals surface area contributed by atoms with Crippen molar-refractivity contribution in [1.82, 2.24) is 20.2 Å². The number of benzene rings is 4. The summed E-state index contributed by atoms with van der Waals surface area (Å²) in [7, 11) is 0. The smallest absolute Gasteiger partial charge is 0.319 e. The van der Waals surface area contributed by atoms with E-state index in [1.165, 1.54) is 11.1 Å². The number of rotatable bonds is 8. The standard InChI is InChI=1S/C42H42FN5O2/c1-4-26-10-7-11-27-16-32(49)17-34(36(26)27)37-33(25(2)3)18-35-39(38(37)43)45-41(46-40(35)48-21-30-12-13-31(22-48)44-30)50-24-42(14-15-42)23-47-19-28-8-5-6-9-29(28)20-47/h1,5-11,16-18,25,30-31,44,49H,12-15,19-24H2,2-3H3. The van der Waals surface area contributed by atoms with Crippen LogP contribution in [0.3, 0.4) is 0 Å². The lowest BCUT2D eigenvalue weighted by atomic mass is 9.86. The van der Waals surface area contributed by atoms with Gasteiger partial charge in [-0.3, -0.25) is 4.90 Å². The number of nitrogens with zero attached hydrogens (tertiary/aromatic N) is 4. The van der Waals surface area contributed by atoms with E-state index in [0.717, 1.165) is 80.6 Å². The maximum atomic E-state index is 17.5. The molecule has 2 unspecified atom stereocenters. The second kappa shape index (κ2) is 12.0. The molecular weight excluding hydrogens is 625 g/mol. The number of terminal acetylenes is 1. The van der Waals surface area contributed by atoms with Crippen LogP contribution < -0.4 is 15.0 Å². The van der Waals surface area contributed by atoms with Crippen molar-refractivity contribution >= 4 is 27.5 Å². The fraction of sp³-hybridized carbons (Fsp3) is 0.381. The second-order valence-corrected chi connectivity index (χ2v) is 15.3. The van der Waals surface area contributed by atoms with Crippen molar-refractivity contribution < 1.29 is 14.2 Å². The Balaban J connectivity index is 1.15. The Labute approximate surface area is 292 Å². The van der Waals surface area contributed by atoms with Gasteiger partial charge in [-0.2, -0.15) is 9.97 Å². The molecule has 4 aliphatic rings. The maximum Gasteiger partial charge on any atom is 0.319 e. The molecule has 254 valence electrons. The predicted molar refractivity (Wildman–Crippen MR) is 196 cm³/mol. The molecule has 4 aromatic carbocycles. The van der Waals surface area contributed by atoms with Crippen molar-refractivity contribution in [2.45, 2.75) is 70.6 Å². The molecule has 0 spiro atoms. The van der Waals surface area contributed by atoms with Gasteiger partial charge >= 0.3 is 6.01 Å². The van der Waals surface area contributed by atoms with Gasteiger partial charge in [0.1, 0.15) is 17.1 Å². The lowest BCUT2D eigenvalue weighted by Crippen LogP contribution is -2.51. The van der Waals surface area contributed by atoms with Crippen molar-refractivity contribution in [2.24, 2.45) is 5.41 Å². The van der Waals surface area contributed by atoms with Crippen molar-refractivity contribution in [3.05, 3.63) is 88.7 Å². The number of phenols is 1. The number of aromatic nitrogens is 2. The fourth-order valence-corrected chi connectivity index (χ4v) is 8.68. The van der Waals surface area contributed by atoms with E-state index in [1.54, 1.807) is 12.1 Å². The molecule has 0 radical (unpaired) electrons. The number of hydrogen-bond acceptors (Lipinski definition) is 7. The Hall–Kier alpha value is -4.71. The summed E-state index contributed by atoms with van der Waals surface area (Å²) >= 11 is 0. The molecule has 7 nitrogen and oxygen atoms in total. The van der Waals surface area contributed by atoms with E-state index in [2.05, 4.69) is 65.2 Å². The molecule has 1 aromatic heterocycles. The normalized spacial score (nSPS) is 20.8. The van der Waals surface area contributed by atoms with E-state index in [1.807, 2.05) is 18.2 Å². The summed E-state index contributed by atoms with van der Waals surface area (Å²) in [5.74, 6) is 3.07. The monoisotopic (exact) mass is 667 g/mol. The molecule has 2 bridgehead atoms. The van der Waals surface area contributed by atoms with E-state index in [4.69, 9.17) is 21.1 Å². The van der Waals surface area contributed by atoms with Gasteiger partial charge in [-0.25, -0.2) is 4.39 Å². The molecule has 4 heterocycles. The van der Waals surface area contributed by atoms with Gasteiger partial charge in [0.2, 0.25) is 0 Å². The highest BCUT2D eigenvalue weighted by Gasteiger charge is 2.46. The molecule has 0 amide bonds. The largest absolute Gasteiger partial charge is 0.508 e. The third kappa shape index (κ3) is 5.44. The first-order valence-electron chi connectivity index (χ1n) is 18.0.